The van der Waals surface area contributed by atoms with Gasteiger partial charge in [0.1, 0.15) is 23.8 Å². The number of aromatic nitrogens is 2. The molecule has 6 aromatic rings. The number of halogens is 2. The molecule has 298 valence electrons. The maximum absolute atomic E-state index is 13.6. The van der Waals surface area contributed by atoms with Crippen LogP contribution in [0.15, 0.2) is 84.9 Å². The number of benzene rings is 4. The standard InChI is InChI=1S/C44H42F2N6O6/c1-51(2)29-19-33-31-17-27(47-41(53)23-5-9-25(45)10-6-23)13-15-35(31)49-39(33)37(21-29)57-43(55)44(56)58-38-22-30(52(3)4)20-34-32-18-28(14-16-36(32)50-40(34)38)48-42(54)24-7-11-26(46)12-8-24/h5-18,29-30,37-38,49-50H,19-22H2,1-4H3,(H,47,53)(H,48,54). The second kappa shape index (κ2) is 15.5. The number of carbonyl (C=O) groups is 4. The smallest absolute Gasteiger partial charge is 0.418 e. The van der Waals surface area contributed by atoms with Gasteiger partial charge in [-0.1, -0.05) is 0 Å². The summed E-state index contributed by atoms with van der Waals surface area (Å²) in [7, 11) is 7.76. The van der Waals surface area contributed by atoms with Gasteiger partial charge < -0.3 is 39.9 Å². The van der Waals surface area contributed by atoms with E-state index in [1.54, 1.807) is 12.1 Å². The van der Waals surface area contributed by atoms with Crippen molar-refractivity contribution in [1.29, 1.82) is 0 Å². The number of carbonyl (C=O) groups excluding carboxylic acids is 4. The molecule has 14 heteroatoms. The van der Waals surface area contributed by atoms with Crippen LogP contribution in [-0.2, 0) is 31.9 Å². The summed E-state index contributed by atoms with van der Waals surface area (Å²) in [4.78, 5) is 63.9. The molecular weight excluding hydrogens is 747 g/mol. The maximum Gasteiger partial charge on any atom is 0.418 e. The van der Waals surface area contributed by atoms with Gasteiger partial charge in [0.25, 0.3) is 11.8 Å². The SMILES string of the molecule is CN(C)C1Cc2c([nH]c3ccc(NC(=O)c4ccc(F)cc4)cc23)C(OC(=O)C(=O)OC2CC(N(C)C)Cc3c2[nH]c2ccc(NC(=O)c4ccc(F)cc4)cc32)C1. The minimum absolute atomic E-state index is 0.0313. The molecule has 2 aromatic heterocycles. The second-order valence-corrected chi connectivity index (χ2v) is 15.4. The molecule has 0 saturated carbocycles. The number of hydrogen-bond acceptors (Lipinski definition) is 8. The highest BCUT2D eigenvalue weighted by molar-refractivity contribution is 6.29. The highest BCUT2D eigenvalue weighted by atomic mass is 19.1. The van der Waals surface area contributed by atoms with Gasteiger partial charge in [-0.05, 0) is 137 Å². The van der Waals surface area contributed by atoms with E-state index in [1.807, 2.05) is 62.3 Å². The molecule has 0 aliphatic heterocycles. The lowest BCUT2D eigenvalue weighted by Gasteiger charge is -2.34. The van der Waals surface area contributed by atoms with Crippen LogP contribution >= 0.6 is 0 Å². The third-order valence-electron chi connectivity index (χ3n) is 11.2. The molecule has 0 spiro atoms. The van der Waals surface area contributed by atoms with Gasteiger partial charge >= 0.3 is 11.9 Å². The Kier molecular flexibility index (Phi) is 10.3. The Morgan fingerprint density at radius 2 is 0.966 bits per heavy atom. The van der Waals surface area contributed by atoms with Gasteiger partial charge in [-0.25, -0.2) is 18.4 Å². The molecule has 4 aromatic carbocycles. The number of ether oxygens (including phenoxy) is 2. The van der Waals surface area contributed by atoms with Gasteiger partial charge in [-0.3, -0.25) is 9.59 Å². The summed E-state index contributed by atoms with van der Waals surface area (Å²) in [5.74, 6) is -3.86. The molecule has 0 bridgehead atoms. The zero-order valence-electron chi connectivity index (χ0n) is 32.3. The van der Waals surface area contributed by atoms with E-state index in [2.05, 4.69) is 20.6 Å². The summed E-state index contributed by atoms with van der Waals surface area (Å²) in [5, 5.41) is 7.42. The van der Waals surface area contributed by atoms with E-state index in [1.165, 1.54) is 48.5 Å². The Balaban J connectivity index is 1.01. The summed E-state index contributed by atoms with van der Waals surface area (Å²) < 4.78 is 38.8. The molecule has 0 radical (unpaired) electrons. The first-order valence-corrected chi connectivity index (χ1v) is 19.0. The summed E-state index contributed by atoms with van der Waals surface area (Å²) >= 11 is 0. The Morgan fingerprint density at radius 1 is 0.586 bits per heavy atom. The largest absolute Gasteiger partial charge is 0.447 e. The minimum Gasteiger partial charge on any atom is -0.447 e. The van der Waals surface area contributed by atoms with E-state index in [0.29, 0.717) is 59.6 Å². The lowest BCUT2D eigenvalue weighted by molar-refractivity contribution is -0.176. The van der Waals surface area contributed by atoms with Crippen molar-refractivity contribution in [2.45, 2.75) is 50.0 Å². The molecule has 2 heterocycles. The van der Waals surface area contributed by atoms with Crippen LogP contribution in [0.1, 0.15) is 68.3 Å². The number of nitrogens with one attached hydrogen (secondary N) is 4. The molecule has 4 N–H and O–H groups in total. The van der Waals surface area contributed by atoms with Gasteiger partial charge in [0.2, 0.25) is 0 Å². The number of rotatable bonds is 8. The summed E-state index contributed by atoms with van der Waals surface area (Å²) in [6, 6.07) is 21.4. The van der Waals surface area contributed by atoms with Crippen molar-refractivity contribution in [1.82, 2.24) is 19.8 Å². The molecule has 0 saturated heterocycles. The summed E-state index contributed by atoms with van der Waals surface area (Å²) in [6.07, 6.45) is 0.551. The predicted octanol–water partition coefficient (Wildman–Crippen LogP) is 7.05. The lowest BCUT2D eigenvalue weighted by atomic mass is 9.88. The van der Waals surface area contributed by atoms with Crippen LogP contribution < -0.4 is 10.6 Å². The molecule has 2 amide bonds. The van der Waals surface area contributed by atoms with E-state index in [9.17, 15) is 28.0 Å². The maximum atomic E-state index is 13.6. The fourth-order valence-electron chi connectivity index (χ4n) is 8.01. The van der Waals surface area contributed by atoms with E-state index in [0.717, 1.165) is 32.9 Å². The average Bonchev–Trinajstić information content (AvgIpc) is 3.76. The van der Waals surface area contributed by atoms with Crippen molar-refractivity contribution >= 4 is 56.9 Å². The van der Waals surface area contributed by atoms with Crippen molar-refractivity contribution in [2.24, 2.45) is 0 Å². The van der Waals surface area contributed by atoms with E-state index in [-0.39, 0.29) is 23.9 Å². The number of aromatic amines is 2. The topological polar surface area (TPSA) is 149 Å². The first kappa shape index (κ1) is 38.5. The van der Waals surface area contributed by atoms with Gasteiger partial charge in [-0.2, -0.15) is 0 Å². The number of H-pyrrole nitrogens is 2. The van der Waals surface area contributed by atoms with Gasteiger partial charge in [-0.15, -0.1) is 0 Å². The van der Waals surface area contributed by atoms with Crippen molar-refractivity contribution in [3.05, 3.63) is 130 Å². The number of esters is 2. The quantitative estimate of drug-likeness (QED) is 0.0948. The number of likely N-dealkylation sites (N-methyl/N-ethyl adjacent to an activating group) is 2. The highest BCUT2D eigenvalue weighted by Gasteiger charge is 2.38. The fraction of sp³-hybridized carbons (Fsp3) is 0.273. The minimum atomic E-state index is -1.11. The van der Waals surface area contributed by atoms with Crippen LogP contribution in [0.3, 0.4) is 0 Å². The third-order valence-corrected chi connectivity index (χ3v) is 11.2. The Hall–Kier alpha value is -6.38. The highest BCUT2D eigenvalue weighted by Crippen LogP contribution is 2.41. The normalized spacial score (nSPS) is 18.8. The van der Waals surface area contributed by atoms with Crippen LogP contribution in [0.4, 0.5) is 20.2 Å². The van der Waals surface area contributed by atoms with Crippen molar-refractivity contribution in [3.63, 3.8) is 0 Å². The Morgan fingerprint density at radius 3 is 1.33 bits per heavy atom. The molecular formula is C44H42F2N6O6. The van der Waals surface area contributed by atoms with Crippen molar-refractivity contribution < 1.29 is 37.4 Å². The van der Waals surface area contributed by atoms with E-state index >= 15 is 0 Å². The van der Waals surface area contributed by atoms with Crippen molar-refractivity contribution in [3.8, 4) is 0 Å². The predicted molar refractivity (Wildman–Crippen MR) is 215 cm³/mol. The molecule has 2 aliphatic carbocycles. The lowest BCUT2D eigenvalue weighted by Crippen LogP contribution is -2.38. The van der Waals surface area contributed by atoms with Crippen LogP contribution in [0, 0.1) is 11.6 Å². The van der Waals surface area contributed by atoms with E-state index < -0.39 is 35.8 Å². The summed E-state index contributed by atoms with van der Waals surface area (Å²) in [5.41, 5.74) is 6.40. The molecule has 4 atom stereocenters. The molecule has 4 unspecified atom stereocenters. The Bertz CT molecular complexity index is 2390. The number of anilines is 2. The zero-order valence-corrected chi connectivity index (χ0v) is 32.3. The van der Waals surface area contributed by atoms with Crippen LogP contribution in [0.25, 0.3) is 21.8 Å². The van der Waals surface area contributed by atoms with Crippen LogP contribution in [0.5, 0.6) is 0 Å². The zero-order chi connectivity index (χ0) is 40.8. The number of amides is 2. The van der Waals surface area contributed by atoms with Crippen LogP contribution in [0.2, 0.25) is 0 Å². The molecule has 0 fully saturated rings. The average molecular weight is 789 g/mol. The molecule has 12 nitrogen and oxygen atoms in total. The summed E-state index contributed by atoms with van der Waals surface area (Å²) in [6.45, 7) is 0. The first-order valence-electron chi connectivity index (χ1n) is 19.0. The number of fused-ring (bicyclic) bond motifs is 6. The van der Waals surface area contributed by atoms with Gasteiger partial charge in [0, 0.05) is 69.2 Å². The van der Waals surface area contributed by atoms with Crippen molar-refractivity contribution in [2.75, 3.05) is 38.8 Å². The van der Waals surface area contributed by atoms with Crippen LogP contribution in [-0.4, -0.2) is 83.8 Å². The fourth-order valence-corrected chi connectivity index (χ4v) is 8.01. The molecule has 58 heavy (non-hydrogen) atoms. The van der Waals surface area contributed by atoms with Gasteiger partial charge in [0.15, 0.2) is 0 Å². The third kappa shape index (κ3) is 7.68. The van der Waals surface area contributed by atoms with Gasteiger partial charge in [0.05, 0.1) is 11.4 Å². The molecule has 2 aliphatic rings. The number of hydrogen-bond donors (Lipinski definition) is 4. The first-order chi connectivity index (χ1) is 27.8. The number of nitrogens with zero attached hydrogens (tertiary/aromatic N) is 2. The second-order valence-electron chi connectivity index (χ2n) is 15.4. The monoisotopic (exact) mass is 788 g/mol. The Labute approximate surface area is 332 Å². The molecule has 8 rings (SSSR count). The van der Waals surface area contributed by atoms with E-state index in [4.69, 9.17) is 9.47 Å².